The number of hydrogen-bond acceptors (Lipinski definition) is 6. The molecule has 1 aliphatic heterocycles. The van der Waals surface area contributed by atoms with Crippen LogP contribution in [0.1, 0.15) is 18.7 Å². The maximum atomic E-state index is 13.1. The molecule has 2 aromatic heterocycles. The van der Waals surface area contributed by atoms with Gasteiger partial charge in [0.2, 0.25) is 0 Å². The summed E-state index contributed by atoms with van der Waals surface area (Å²) in [5, 5.41) is 15.8. The second-order valence-corrected chi connectivity index (χ2v) is 6.36. The summed E-state index contributed by atoms with van der Waals surface area (Å²) < 4.78 is 15.7. The molecule has 0 amide bonds. The third-order valence-corrected chi connectivity index (χ3v) is 4.66. The van der Waals surface area contributed by atoms with Gasteiger partial charge < -0.3 is 4.90 Å². The summed E-state index contributed by atoms with van der Waals surface area (Å²) in [5.74, 6) is 0.0294. The summed E-state index contributed by atoms with van der Waals surface area (Å²) >= 11 is 6.28. The molecule has 3 heterocycles. The van der Waals surface area contributed by atoms with Gasteiger partial charge in [-0.05, 0) is 47.5 Å². The van der Waals surface area contributed by atoms with E-state index in [9.17, 15) is 9.18 Å². The van der Waals surface area contributed by atoms with E-state index in [0.29, 0.717) is 17.2 Å². The Morgan fingerprint density at radius 3 is 2.62 bits per heavy atom. The Labute approximate surface area is 152 Å². The lowest BCUT2D eigenvalue weighted by atomic mass is 10.3. The summed E-state index contributed by atoms with van der Waals surface area (Å²) in [4.78, 5) is 14.6. The molecule has 3 aromatic rings. The minimum absolute atomic E-state index is 0.0449. The predicted molar refractivity (Wildman–Crippen MR) is 93.2 cm³/mol. The predicted octanol–water partition coefficient (Wildman–Crippen LogP) is 1.66. The van der Waals surface area contributed by atoms with Crippen LogP contribution in [0.25, 0.3) is 5.69 Å². The van der Waals surface area contributed by atoms with Crippen molar-refractivity contribution in [1.29, 1.82) is 0 Å². The zero-order valence-corrected chi connectivity index (χ0v) is 14.5. The van der Waals surface area contributed by atoms with E-state index in [4.69, 9.17) is 11.6 Å². The second-order valence-electron chi connectivity index (χ2n) is 5.98. The Kier molecular flexibility index (Phi) is 4.37. The summed E-state index contributed by atoms with van der Waals surface area (Å²) in [5.41, 5.74) is 0.840. The molecule has 8 nitrogen and oxygen atoms in total. The van der Waals surface area contributed by atoms with Gasteiger partial charge in [0.15, 0.2) is 5.82 Å². The number of benzene rings is 1. The van der Waals surface area contributed by atoms with E-state index in [1.807, 2.05) is 0 Å². The smallest absolute Gasteiger partial charge is 0.288 e. The number of tetrazole rings is 1. The van der Waals surface area contributed by atoms with E-state index in [1.165, 1.54) is 21.5 Å². The average molecular weight is 376 g/mol. The van der Waals surface area contributed by atoms with E-state index in [2.05, 4.69) is 25.5 Å². The number of nitrogens with zero attached hydrogens (tertiary/aromatic N) is 7. The average Bonchev–Trinajstić information content (AvgIpc) is 3.32. The van der Waals surface area contributed by atoms with Crippen molar-refractivity contribution in [2.45, 2.75) is 19.4 Å². The fourth-order valence-electron chi connectivity index (χ4n) is 2.97. The Bertz CT molecular complexity index is 979. The van der Waals surface area contributed by atoms with Crippen molar-refractivity contribution < 1.29 is 4.39 Å². The highest BCUT2D eigenvalue weighted by atomic mass is 35.5. The topological polar surface area (TPSA) is 81.7 Å². The van der Waals surface area contributed by atoms with E-state index in [-0.39, 0.29) is 17.4 Å². The molecule has 0 aliphatic carbocycles. The minimum Gasteiger partial charge on any atom is -0.369 e. The highest BCUT2D eigenvalue weighted by molar-refractivity contribution is 6.33. The Morgan fingerprint density at radius 1 is 1.15 bits per heavy atom. The second kappa shape index (κ2) is 6.83. The maximum Gasteiger partial charge on any atom is 0.288 e. The molecule has 1 fully saturated rings. The van der Waals surface area contributed by atoms with Crippen LogP contribution in [0.2, 0.25) is 5.02 Å². The van der Waals surface area contributed by atoms with Gasteiger partial charge >= 0.3 is 0 Å². The van der Waals surface area contributed by atoms with E-state index in [1.54, 1.807) is 18.3 Å². The van der Waals surface area contributed by atoms with Gasteiger partial charge in [0, 0.05) is 13.1 Å². The van der Waals surface area contributed by atoms with Crippen LogP contribution in [0.3, 0.4) is 0 Å². The van der Waals surface area contributed by atoms with Crippen LogP contribution in [0, 0.1) is 5.82 Å². The molecule has 0 spiro atoms. The first-order valence-electron chi connectivity index (χ1n) is 8.17. The van der Waals surface area contributed by atoms with Crippen LogP contribution < -0.4 is 10.5 Å². The summed E-state index contributed by atoms with van der Waals surface area (Å²) in [6.07, 6.45) is 3.75. The molecule has 134 valence electrons. The van der Waals surface area contributed by atoms with Crippen molar-refractivity contribution in [3.63, 3.8) is 0 Å². The van der Waals surface area contributed by atoms with Crippen molar-refractivity contribution in [2.24, 2.45) is 0 Å². The fraction of sp³-hybridized carbons (Fsp3) is 0.312. The number of rotatable bonds is 4. The third-order valence-electron chi connectivity index (χ3n) is 4.31. The minimum atomic E-state index is -0.398. The largest absolute Gasteiger partial charge is 0.369 e. The molecule has 0 unspecified atom stereocenters. The first-order valence-corrected chi connectivity index (χ1v) is 8.55. The molecule has 1 aliphatic rings. The lowest BCUT2D eigenvalue weighted by molar-refractivity contribution is 0.597. The van der Waals surface area contributed by atoms with Gasteiger partial charge in [-0.15, -0.1) is 5.10 Å². The molecule has 0 radical (unpaired) electrons. The van der Waals surface area contributed by atoms with Gasteiger partial charge in [0.05, 0.1) is 17.6 Å². The zero-order chi connectivity index (χ0) is 18.1. The Hall–Kier alpha value is -2.81. The van der Waals surface area contributed by atoms with Crippen molar-refractivity contribution >= 4 is 17.3 Å². The molecule has 1 aromatic carbocycles. The molecule has 0 saturated carbocycles. The Balaban J connectivity index is 1.64. The molecule has 26 heavy (non-hydrogen) atoms. The molecule has 10 heteroatoms. The van der Waals surface area contributed by atoms with Gasteiger partial charge in [0.25, 0.3) is 5.56 Å². The third kappa shape index (κ3) is 3.05. The summed E-state index contributed by atoms with van der Waals surface area (Å²) in [6.45, 7) is 1.78. The standard InChI is InChI=1S/C16H15ClFN7O/c17-15-13(23-7-1-2-8-23)9-19-24(16(15)26)10-14-20-21-22-25(14)12-5-3-11(18)4-6-12/h3-6,9H,1-2,7-8,10H2. The highest BCUT2D eigenvalue weighted by Gasteiger charge is 2.19. The van der Waals surface area contributed by atoms with Crippen LogP contribution >= 0.6 is 11.6 Å². The monoisotopic (exact) mass is 375 g/mol. The van der Waals surface area contributed by atoms with Crippen LogP contribution in [0.15, 0.2) is 35.3 Å². The van der Waals surface area contributed by atoms with Crippen molar-refractivity contribution in [1.82, 2.24) is 30.0 Å². The van der Waals surface area contributed by atoms with E-state index >= 15 is 0 Å². The van der Waals surface area contributed by atoms with Crippen molar-refractivity contribution in [2.75, 3.05) is 18.0 Å². The molecular formula is C16H15ClFN7O. The summed E-state index contributed by atoms with van der Waals surface area (Å²) in [7, 11) is 0. The SMILES string of the molecule is O=c1c(Cl)c(N2CCCC2)cnn1Cc1nnnn1-c1ccc(F)cc1. The zero-order valence-electron chi connectivity index (χ0n) is 13.7. The number of aromatic nitrogens is 6. The van der Waals surface area contributed by atoms with Gasteiger partial charge in [-0.2, -0.15) is 9.78 Å². The normalized spacial score (nSPS) is 14.2. The number of anilines is 1. The fourth-order valence-corrected chi connectivity index (χ4v) is 3.23. The number of halogens is 2. The van der Waals surface area contributed by atoms with E-state index in [0.717, 1.165) is 25.9 Å². The van der Waals surface area contributed by atoms with Crippen molar-refractivity contribution in [3.05, 3.63) is 57.5 Å². The van der Waals surface area contributed by atoms with Crippen molar-refractivity contribution in [3.8, 4) is 5.69 Å². The lowest BCUT2D eigenvalue weighted by Gasteiger charge is -2.18. The number of hydrogen-bond donors (Lipinski definition) is 0. The maximum absolute atomic E-state index is 13.1. The Morgan fingerprint density at radius 2 is 1.88 bits per heavy atom. The highest BCUT2D eigenvalue weighted by Crippen LogP contribution is 2.24. The molecule has 0 N–H and O–H groups in total. The van der Waals surface area contributed by atoms with E-state index < -0.39 is 5.56 Å². The molecule has 4 rings (SSSR count). The van der Waals surface area contributed by atoms with Crippen LogP contribution in [0.5, 0.6) is 0 Å². The van der Waals surface area contributed by atoms with Gasteiger partial charge in [-0.25, -0.2) is 9.07 Å². The first-order chi connectivity index (χ1) is 12.6. The van der Waals surface area contributed by atoms with Crippen LogP contribution in [-0.2, 0) is 6.54 Å². The molecule has 1 saturated heterocycles. The van der Waals surface area contributed by atoms with Crippen LogP contribution in [0.4, 0.5) is 10.1 Å². The summed E-state index contributed by atoms with van der Waals surface area (Å²) in [6, 6.07) is 5.73. The molecule has 0 bridgehead atoms. The van der Waals surface area contributed by atoms with Gasteiger partial charge in [-0.3, -0.25) is 4.79 Å². The lowest BCUT2D eigenvalue weighted by Crippen LogP contribution is -2.29. The quantitative estimate of drug-likeness (QED) is 0.689. The molecule has 0 atom stereocenters. The molecular weight excluding hydrogens is 361 g/mol. The first kappa shape index (κ1) is 16.6. The van der Waals surface area contributed by atoms with Crippen LogP contribution in [-0.4, -0.2) is 43.1 Å². The van der Waals surface area contributed by atoms with Gasteiger partial charge in [-0.1, -0.05) is 11.6 Å². The van der Waals surface area contributed by atoms with Gasteiger partial charge in [0.1, 0.15) is 17.4 Å².